The van der Waals surface area contributed by atoms with E-state index in [1.807, 2.05) is 6.07 Å². The van der Waals surface area contributed by atoms with Crippen molar-refractivity contribution < 1.29 is 4.79 Å². The third-order valence-corrected chi connectivity index (χ3v) is 3.28. The Morgan fingerprint density at radius 1 is 1.71 bits per heavy atom. The van der Waals surface area contributed by atoms with Gasteiger partial charge in [0.1, 0.15) is 11.9 Å². The molecule has 1 aliphatic rings. The summed E-state index contributed by atoms with van der Waals surface area (Å²) in [5.74, 6) is 0.776. The molecule has 1 aromatic rings. The number of aromatic nitrogens is 1. The molecule has 5 heteroatoms. The maximum Gasteiger partial charge on any atom is 0.228 e. The first-order valence-corrected chi connectivity index (χ1v) is 5.93. The molecule has 1 amide bonds. The highest BCUT2D eigenvalue weighted by molar-refractivity contribution is 9.10. The summed E-state index contributed by atoms with van der Waals surface area (Å²) < 4.78 is 0.662. The zero-order valence-electron chi connectivity index (χ0n) is 9.06. The maximum atomic E-state index is 11.8. The molecule has 1 saturated heterocycles. The van der Waals surface area contributed by atoms with Crippen molar-refractivity contribution in [2.45, 2.75) is 6.42 Å². The minimum absolute atomic E-state index is 0.0350. The summed E-state index contributed by atoms with van der Waals surface area (Å²) in [6, 6.07) is 3.67. The predicted octanol–water partition coefficient (Wildman–Crippen LogP) is 2.25. The minimum atomic E-state index is 0.0350. The van der Waals surface area contributed by atoms with E-state index >= 15 is 0 Å². The number of halogens is 1. The van der Waals surface area contributed by atoms with Crippen molar-refractivity contribution in [2.24, 2.45) is 5.92 Å². The van der Waals surface area contributed by atoms with Crippen LogP contribution in [0, 0.1) is 17.2 Å². The van der Waals surface area contributed by atoms with Crippen LogP contribution in [-0.4, -0.2) is 17.4 Å². The van der Waals surface area contributed by atoms with E-state index < -0.39 is 0 Å². The van der Waals surface area contributed by atoms with Gasteiger partial charge >= 0.3 is 0 Å². The molecule has 0 aromatic carbocycles. The van der Waals surface area contributed by atoms with Crippen molar-refractivity contribution in [1.82, 2.24) is 4.98 Å². The number of carbonyl (C=O) groups is 1. The fraction of sp³-hybridized carbons (Fsp3) is 0.250. The Bertz CT molecular complexity index is 521. The van der Waals surface area contributed by atoms with Crippen LogP contribution in [0.25, 0.3) is 0 Å². The molecule has 1 aromatic heterocycles. The van der Waals surface area contributed by atoms with Crippen LogP contribution in [-0.2, 0) is 4.79 Å². The molecule has 86 valence electrons. The summed E-state index contributed by atoms with van der Waals surface area (Å²) in [6.45, 7) is 4.30. The van der Waals surface area contributed by atoms with Crippen molar-refractivity contribution in [2.75, 3.05) is 11.4 Å². The lowest BCUT2D eigenvalue weighted by atomic mass is 10.1. The van der Waals surface area contributed by atoms with Crippen molar-refractivity contribution in [3.63, 3.8) is 0 Å². The molecule has 0 aliphatic carbocycles. The van der Waals surface area contributed by atoms with Crippen LogP contribution < -0.4 is 4.90 Å². The van der Waals surface area contributed by atoms with Gasteiger partial charge in [-0.15, -0.1) is 6.58 Å². The highest BCUT2D eigenvalue weighted by Gasteiger charge is 2.30. The summed E-state index contributed by atoms with van der Waals surface area (Å²) in [6.07, 6.45) is 3.72. The Labute approximate surface area is 108 Å². The molecule has 0 N–H and O–H groups in total. The Morgan fingerprint density at radius 3 is 3.00 bits per heavy atom. The van der Waals surface area contributed by atoms with Gasteiger partial charge in [0, 0.05) is 25.1 Å². The summed E-state index contributed by atoms with van der Waals surface area (Å²) >= 11 is 3.33. The number of rotatable bonds is 2. The fourth-order valence-electron chi connectivity index (χ4n) is 1.79. The standard InChI is InChI=1S/C12H10BrN3O/c1-2-8-4-11(17)16(7-8)12-10(13)3-9(5-14)6-15-12/h2-3,6,8H,1,4,7H2. The molecule has 4 nitrogen and oxygen atoms in total. The molecule has 0 spiro atoms. The molecule has 0 saturated carbocycles. The molecule has 0 radical (unpaired) electrons. The van der Waals surface area contributed by atoms with Crippen molar-refractivity contribution in [3.8, 4) is 6.07 Å². The topological polar surface area (TPSA) is 57.0 Å². The number of carbonyl (C=O) groups excluding carboxylic acids is 1. The monoisotopic (exact) mass is 291 g/mol. The van der Waals surface area contributed by atoms with Crippen molar-refractivity contribution >= 4 is 27.7 Å². The Hall–Kier alpha value is -1.67. The average Bonchev–Trinajstić information content (AvgIpc) is 2.70. The fourth-order valence-corrected chi connectivity index (χ4v) is 2.35. The van der Waals surface area contributed by atoms with Gasteiger partial charge in [-0.1, -0.05) is 6.08 Å². The van der Waals surface area contributed by atoms with E-state index in [2.05, 4.69) is 27.5 Å². The SMILES string of the molecule is C=CC1CC(=O)N(c2ncc(C#N)cc2Br)C1. The van der Waals surface area contributed by atoms with Gasteiger partial charge in [-0.2, -0.15) is 5.26 Å². The number of nitrogens with zero attached hydrogens (tertiary/aromatic N) is 3. The number of hydrogen-bond acceptors (Lipinski definition) is 3. The predicted molar refractivity (Wildman–Crippen MR) is 67.3 cm³/mol. The molecule has 17 heavy (non-hydrogen) atoms. The van der Waals surface area contributed by atoms with E-state index in [0.29, 0.717) is 28.8 Å². The van der Waals surface area contributed by atoms with E-state index in [-0.39, 0.29) is 11.8 Å². The van der Waals surface area contributed by atoms with E-state index in [1.54, 1.807) is 17.0 Å². The molecule has 1 fully saturated rings. The van der Waals surface area contributed by atoms with Gasteiger partial charge in [-0.25, -0.2) is 4.98 Å². The highest BCUT2D eigenvalue weighted by atomic mass is 79.9. The largest absolute Gasteiger partial charge is 0.295 e. The first-order valence-electron chi connectivity index (χ1n) is 5.14. The van der Waals surface area contributed by atoms with Gasteiger partial charge in [-0.05, 0) is 22.0 Å². The van der Waals surface area contributed by atoms with Gasteiger partial charge in [0.25, 0.3) is 0 Å². The summed E-state index contributed by atoms with van der Waals surface area (Å²) in [4.78, 5) is 17.6. The van der Waals surface area contributed by atoms with Gasteiger partial charge in [0.15, 0.2) is 0 Å². The quantitative estimate of drug-likeness (QED) is 0.786. The van der Waals surface area contributed by atoms with Crippen LogP contribution in [0.15, 0.2) is 29.4 Å². The Balaban J connectivity index is 2.32. The number of anilines is 1. The molecule has 1 aliphatic heterocycles. The van der Waals surface area contributed by atoms with E-state index in [0.717, 1.165) is 0 Å². The second-order valence-electron chi connectivity index (χ2n) is 3.85. The Morgan fingerprint density at radius 2 is 2.47 bits per heavy atom. The van der Waals surface area contributed by atoms with Crippen LogP contribution in [0.1, 0.15) is 12.0 Å². The zero-order valence-corrected chi connectivity index (χ0v) is 10.6. The molecular weight excluding hydrogens is 282 g/mol. The summed E-state index contributed by atoms with van der Waals surface area (Å²) in [5.41, 5.74) is 0.465. The van der Waals surface area contributed by atoms with Crippen LogP contribution in [0.2, 0.25) is 0 Å². The lowest BCUT2D eigenvalue weighted by molar-refractivity contribution is -0.117. The van der Waals surface area contributed by atoms with Crippen molar-refractivity contribution in [1.29, 1.82) is 5.26 Å². The van der Waals surface area contributed by atoms with E-state index in [9.17, 15) is 4.79 Å². The number of pyridine rings is 1. The van der Waals surface area contributed by atoms with Gasteiger partial charge < -0.3 is 0 Å². The van der Waals surface area contributed by atoms with E-state index in [4.69, 9.17) is 5.26 Å². The van der Waals surface area contributed by atoms with E-state index in [1.165, 1.54) is 6.20 Å². The van der Waals surface area contributed by atoms with Crippen LogP contribution >= 0.6 is 15.9 Å². The molecule has 2 rings (SSSR count). The molecule has 0 bridgehead atoms. The lowest BCUT2D eigenvalue weighted by Gasteiger charge is -2.16. The first kappa shape index (κ1) is 11.8. The average molecular weight is 292 g/mol. The number of nitriles is 1. The summed E-state index contributed by atoms with van der Waals surface area (Å²) in [5, 5.41) is 8.75. The lowest BCUT2D eigenvalue weighted by Crippen LogP contribution is -2.25. The third kappa shape index (κ3) is 2.22. The molecular formula is C12H10BrN3O. The highest BCUT2D eigenvalue weighted by Crippen LogP contribution is 2.30. The minimum Gasteiger partial charge on any atom is -0.295 e. The molecule has 1 atom stereocenters. The van der Waals surface area contributed by atoms with Crippen LogP contribution in [0.4, 0.5) is 5.82 Å². The normalized spacial score (nSPS) is 19.2. The van der Waals surface area contributed by atoms with Gasteiger partial charge in [-0.3, -0.25) is 9.69 Å². The number of amides is 1. The maximum absolute atomic E-state index is 11.8. The summed E-state index contributed by atoms with van der Waals surface area (Å²) in [7, 11) is 0. The number of hydrogen-bond donors (Lipinski definition) is 0. The third-order valence-electron chi connectivity index (χ3n) is 2.69. The first-order chi connectivity index (χ1) is 8.15. The second kappa shape index (κ2) is 4.68. The smallest absolute Gasteiger partial charge is 0.228 e. The van der Waals surface area contributed by atoms with Crippen molar-refractivity contribution in [3.05, 3.63) is 35.0 Å². The Kier molecular flexibility index (Phi) is 3.25. The molecule has 1 unspecified atom stereocenters. The second-order valence-corrected chi connectivity index (χ2v) is 4.70. The zero-order chi connectivity index (χ0) is 12.4. The van der Waals surface area contributed by atoms with Gasteiger partial charge in [0.05, 0.1) is 10.0 Å². The van der Waals surface area contributed by atoms with Crippen LogP contribution in [0.5, 0.6) is 0 Å². The van der Waals surface area contributed by atoms with Gasteiger partial charge in [0.2, 0.25) is 5.91 Å². The molecule has 2 heterocycles. The van der Waals surface area contributed by atoms with Crippen LogP contribution in [0.3, 0.4) is 0 Å².